The van der Waals surface area contributed by atoms with Crippen molar-refractivity contribution in [2.45, 2.75) is 26.1 Å². The number of hydrogen-bond donors (Lipinski definition) is 1. The maximum absolute atomic E-state index is 13.1. The van der Waals surface area contributed by atoms with Gasteiger partial charge in [-0.05, 0) is 32.0 Å². The molecule has 1 aromatic carbocycles. The van der Waals surface area contributed by atoms with Crippen LogP contribution in [0.4, 0.5) is 13.2 Å². The van der Waals surface area contributed by atoms with Gasteiger partial charge in [-0.25, -0.2) is 14.5 Å². The highest BCUT2D eigenvalue weighted by atomic mass is 19.4. The summed E-state index contributed by atoms with van der Waals surface area (Å²) in [7, 11) is 1.32. The van der Waals surface area contributed by atoms with Gasteiger partial charge in [-0.15, -0.1) is 5.10 Å². The van der Waals surface area contributed by atoms with Crippen molar-refractivity contribution in [2.75, 3.05) is 7.05 Å². The number of halogens is 3. The van der Waals surface area contributed by atoms with Crippen LogP contribution >= 0.6 is 0 Å². The van der Waals surface area contributed by atoms with E-state index in [-0.39, 0.29) is 23.1 Å². The third-order valence-electron chi connectivity index (χ3n) is 3.23. The molecule has 0 saturated carbocycles. The lowest BCUT2D eigenvalue weighted by molar-refractivity contribution is -0.141. The number of nitrogens with one attached hydrogen (secondary N) is 1. The van der Waals surface area contributed by atoms with E-state index in [9.17, 15) is 22.8 Å². The van der Waals surface area contributed by atoms with E-state index in [1.54, 1.807) is 13.8 Å². The topological polar surface area (TPSA) is 86.1 Å². The van der Waals surface area contributed by atoms with E-state index in [4.69, 9.17) is 4.74 Å². The quantitative estimate of drug-likeness (QED) is 0.635. The number of benzene rings is 1. The highest BCUT2D eigenvalue weighted by molar-refractivity contribution is 5.95. The molecule has 144 valence electrons. The van der Waals surface area contributed by atoms with Gasteiger partial charge in [0.15, 0.2) is 5.82 Å². The molecule has 27 heavy (non-hydrogen) atoms. The first-order chi connectivity index (χ1) is 12.6. The molecule has 0 aliphatic heterocycles. The van der Waals surface area contributed by atoms with Gasteiger partial charge in [0.2, 0.25) is 0 Å². The maximum Gasteiger partial charge on any atom is 0.416 e. The number of carbonyl (C=O) groups is 2. The summed E-state index contributed by atoms with van der Waals surface area (Å²) in [4.78, 5) is 27.2. The van der Waals surface area contributed by atoms with Crippen molar-refractivity contribution in [3.8, 4) is 11.4 Å². The molecule has 7 nitrogen and oxygen atoms in total. The molecule has 0 spiro atoms. The lowest BCUT2D eigenvalue weighted by Crippen LogP contribution is -2.19. The Bertz CT molecular complexity index is 873. The summed E-state index contributed by atoms with van der Waals surface area (Å²) in [6, 6.07) is 2.86. The number of alkyl halides is 3. The second kappa shape index (κ2) is 8.02. The average Bonchev–Trinajstić information content (AvgIpc) is 3.06. The molecule has 10 heteroatoms. The Labute approximate surface area is 152 Å². The monoisotopic (exact) mass is 382 g/mol. The van der Waals surface area contributed by atoms with Gasteiger partial charge in [0, 0.05) is 30.5 Å². The van der Waals surface area contributed by atoms with Crippen molar-refractivity contribution in [3.63, 3.8) is 0 Å². The van der Waals surface area contributed by atoms with E-state index >= 15 is 0 Å². The Morgan fingerprint density at radius 2 is 1.96 bits per heavy atom. The van der Waals surface area contributed by atoms with Crippen LogP contribution in [0.15, 0.2) is 30.6 Å². The molecule has 1 N–H and O–H groups in total. The Hall–Kier alpha value is -3.17. The van der Waals surface area contributed by atoms with Gasteiger partial charge < -0.3 is 10.1 Å². The summed E-state index contributed by atoms with van der Waals surface area (Å²) in [5.74, 6) is -1.30. The predicted octanol–water partition coefficient (Wildman–Crippen LogP) is 2.75. The molecule has 2 aromatic rings. The molecular weight excluding hydrogens is 365 g/mol. The zero-order valence-electron chi connectivity index (χ0n) is 14.7. The van der Waals surface area contributed by atoms with E-state index in [0.717, 1.165) is 22.9 Å². The van der Waals surface area contributed by atoms with Crippen LogP contribution in [0.1, 0.15) is 29.8 Å². The van der Waals surface area contributed by atoms with Gasteiger partial charge in [-0.1, -0.05) is 0 Å². The van der Waals surface area contributed by atoms with Crippen molar-refractivity contribution >= 4 is 18.1 Å². The minimum absolute atomic E-state index is 0.0142. The number of hydrogen-bond acceptors (Lipinski definition) is 5. The highest BCUT2D eigenvalue weighted by Crippen LogP contribution is 2.32. The predicted molar refractivity (Wildman–Crippen MR) is 90.4 cm³/mol. The molecule has 0 saturated heterocycles. The summed E-state index contributed by atoms with van der Waals surface area (Å²) in [5, 5.41) is 6.27. The van der Waals surface area contributed by atoms with Crippen molar-refractivity contribution in [1.82, 2.24) is 20.1 Å². The summed E-state index contributed by atoms with van der Waals surface area (Å²) >= 11 is 0. The van der Waals surface area contributed by atoms with E-state index in [1.807, 2.05) is 0 Å². The Morgan fingerprint density at radius 3 is 2.56 bits per heavy atom. The van der Waals surface area contributed by atoms with Crippen LogP contribution in [0.3, 0.4) is 0 Å². The largest absolute Gasteiger partial charge is 0.460 e. The van der Waals surface area contributed by atoms with Crippen LogP contribution in [-0.4, -0.2) is 39.8 Å². The molecule has 1 amide bonds. The van der Waals surface area contributed by atoms with Gasteiger partial charge in [0.1, 0.15) is 6.33 Å². The summed E-state index contributed by atoms with van der Waals surface area (Å²) in [6.45, 7) is 3.38. The van der Waals surface area contributed by atoms with Crippen LogP contribution in [0.25, 0.3) is 17.6 Å². The molecule has 2 rings (SSSR count). The third-order valence-corrected chi connectivity index (χ3v) is 3.23. The van der Waals surface area contributed by atoms with Gasteiger partial charge in [-0.3, -0.25) is 4.79 Å². The van der Waals surface area contributed by atoms with Crippen molar-refractivity contribution in [1.29, 1.82) is 0 Å². The minimum atomic E-state index is -4.64. The molecule has 1 aromatic heterocycles. The van der Waals surface area contributed by atoms with Crippen LogP contribution in [0.2, 0.25) is 0 Å². The zero-order chi connectivity index (χ0) is 20.2. The third kappa shape index (κ3) is 5.40. The fourth-order valence-corrected chi connectivity index (χ4v) is 2.08. The number of amides is 1. The van der Waals surface area contributed by atoms with Gasteiger partial charge in [-0.2, -0.15) is 13.2 Å². The number of carbonyl (C=O) groups excluding carboxylic acids is 2. The standard InChI is InChI=1S/C17H17F3N4O3/c1-10(2)27-14(25)4-5-24-9-22-15(23-24)11-6-12(16(26)21-3)8-13(7-11)17(18,19)20/h4-10H,1-3H3,(H,21,26)/b5-4-. The van der Waals surface area contributed by atoms with Crippen molar-refractivity contribution in [3.05, 3.63) is 41.7 Å². The number of aromatic nitrogens is 3. The average molecular weight is 382 g/mol. The van der Waals surface area contributed by atoms with E-state index < -0.39 is 23.6 Å². The first kappa shape index (κ1) is 20.1. The zero-order valence-corrected chi connectivity index (χ0v) is 14.7. The molecule has 0 aliphatic rings. The normalized spacial score (nSPS) is 11.8. The molecule has 0 aliphatic carbocycles. The maximum atomic E-state index is 13.1. The number of nitrogens with zero attached hydrogens (tertiary/aromatic N) is 3. The van der Waals surface area contributed by atoms with Gasteiger partial charge in [0.05, 0.1) is 11.7 Å². The summed E-state index contributed by atoms with van der Waals surface area (Å²) < 4.78 is 45.4. The summed E-state index contributed by atoms with van der Waals surface area (Å²) in [6.07, 6.45) is -1.34. The molecule has 0 unspecified atom stereocenters. The SMILES string of the molecule is CNC(=O)c1cc(-c2ncn(/C=C\C(=O)OC(C)C)n2)cc(C(F)(F)F)c1. The molecule has 0 fully saturated rings. The van der Waals surface area contributed by atoms with Gasteiger partial charge >= 0.3 is 12.1 Å². The summed E-state index contributed by atoms with van der Waals surface area (Å²) in [5.41, 5.74) is -1.15. The highest BCUT2D eigenvalue weighted by Gasteiger charge is 2.32. The smallest absolute Gasteiger partial charge is 0.416 e. The molecular formula is C17H17F3N4O3. The Balaban J connectivity index is 2.35. The fourth-order valence-electron chi connectivity index (χ4n) is 2.08. The Kier molecular flexibility index (Phi) is 5.98. The van der Waals surface area contributed by atoms with Crippen LogP contribution in [-0.2, 0) is 15.7 Å². The van der Waals surface area contributed by atoms with Crippen molar-refractivity contribution in [2.24, 2.45) is 0 Å². The first-order valence-corrected chi connectivity index (χ1v) is 7.85. The second-order valence-corrected chi connectivity index (χ2v) is 5.73. The van der Waals surface area contributed by atoms with Crippen molar-refractivity contribution < 1.29 is 27.5 Å². The number of rotatable bonds is 5. The van der Waals surface area contributed by atoms with Crippen LogP contribution in [0, 0.1) is 0 Å². The Morgan fingerprint density at radius 1 is 1.26 bits per heavy atom. The van der Waals surface area contributed by atoms with E-state index in [0.29, 0.717) is 0 Å². The lowest BCUT2D eigenvalue weighted by atomic mass is 10.0. The number of ether oxygens (including phenoxy) is 1. The molecule has 0 atom stereocenters. The van der Waals surface area contributed by atoms with E-state index in [1.165, 1.54) is 25.6 Å². The van der Waals surface area contributed by atoms with E-state index in [2.05, 4.69) is 15.4 Å². The van der Waals surface area contributed by atoms with Gasteiger partial charge in [0.25, 0.3) is 5.91 Å². The molecule has 1 heterocycles. The number of esters is 1. The van der Waals surface area contributed by atoms with Crippen LogP contribution < -0.4 is 5.32 Å². The minimum Gasteiger partial charge on any atom is -0.460 e. The van der Waals surface area contributed by atoms with Crippen LogP contribution in [0.5, 0.6) is 0 Å². The lowest BCUT2D eigenvalue weighted by Gasteiger charge is -2.10. The molecule has 0 radical (unpaired) electrons. The fraction of sp³-hybridized carbons (Fsp3) is 0.294. The second-order valence-electron chi connectivity index (χ2n) is 5.73. The molecule has 0 bridgehead atoms. The first-order valence-electron chi connectivity index (χ1n) is 7.85.